The van der Waals surface area contributed by atoms with Crippen LogP contribution in [0, 0.1) is 11.3 Å². The molecule has 2 aliphatic rings. The topological polar surface area (TPSA) is 58.8 Å². The second-order valence-corrected chi connectivity index (χ2v) is 8.09. The fourth-order valence-electron chi connectivity index (χ4n) is 4.43. The molecular weight excluding hydrogens is 338 g/mol. The van der Waals surface area contributed by atoms with Gasteiger partial charge in [0.1, 0.15) is 5.76 Å². The first-order valence-corrected chi connectivity index (χ1v) is 9.87. The molecule has 3 unspecified atom stereocenters. The maximum absolute atomic E-state index is 5.93. The normalized spacial score (nSPS) is 26.3. The average Bonchev–Trinajstić information content (AvgIpc) is 3.35. The molecule has 1 aliphatic heterocycles. The molecule has 0 radical (unpaired) electrons. The molecule has 144 valence electrons. The van der Waals surface area contributed by atoms with E-state index in [2.05, 4.69) is 48.7 Å². The van der Waals surface area contributed by atoms with E-state index in [0.29, 0.717) is 24.6 Å². The number of aliphatic imine (C=N–C) groups is 1. The second kappa shape index (κ2) is 7.77. The van der Waals surface area contributed by atoms with Crippen LogP contribution in [0.15, 0.2) is 58.1 Å². The molecule has 1 aliphatic carbocycles. The van der Waals surface area contributed by atoms with Crippen LogP contribution < -0.4 is 10.6 Å². The quantitative estimate of drug-likeness (QED) is 0.607. The van der Waals surface area contributed by atoms with Crippen molar-refractivity contribution >= 4 is 5.96 Å². The summed E-state index contributed by atoms with van der Waals surface area (Å²) in [5.74, 6) is 2.43. The van der Waals surface area contributed by atoms with Gasteiger partial charge in [-0.2, -0.15) is 0 Å². The Balaban J connectivity index is 1.42. The van der Waals surface area contributed by atoms with Crippen LogP contribution in [0.1, 0.15) is 31.6 Å². The average molecular weight is 367 g/mol. The zero-order valence-corrected chi connectivity index (χ0v) is 16.2. The summed E-state index contributed by atoms with van der Waals surface area (Å²) in [5.41, 5.74) is 1.33. The number of guanidine groups is 1. The minimum absolute atomic E-state index is 0.122. The van der Waals surface area contributed by atoms with Crippen molar-refractivity contribution in [2.75, 3.05) is 13.2 Å². The molecule has 5 heteroatoms. The van der Waals surface area contributed by atoms with Gasteiger partial charge in [0.2, 0.25) is 0 Å². The Morgan fingerprint density at radius 1 is 1.19 bits per heavy atom. The van der Waals surface area contributed by atoms with Crippen LogP contribution in [0.5, 0.6) is 0 Å². The number of benzene rings is 1. The van der Waals surface area contributed by atoms with Crippen molar-refractivity contribution in [3.05, 3.63) is 60.1 Å². The van der Waals surface area contributed by atoms with Crippen molar-refractivity contribution in [2.24, 2.45) is 16.3 Å². The number of hydrogen-bond donors (Lipinski definition) is 2. The Morgan fingerprint density at radius 3 is 2.81 bits per heavy atom. The molecule has 5 nitrogen and oxygen atoms in total. The van der Waals surface area contributed by atoms with E-state index in [0.717, 1.165) is 37.7 Å². The molecular formula is C22H29N3O2. The van der Waals surface area contributed by atoms with E-state index in [1.54, 1.807) is 6.26 Å². The third kappa shape index (κ3) is 3.88. The molecule has 0 bridgehead atoms. The lowest BCUT2D eigenvalue weighted by Crippen LogP contribution is -2.68. The number of nitrogens with zero attached hydrogens (tertiary/aromatic N) is 1. The lowest BCUT2D eigenvalue weighted by atomic mass is 9.57. The molecule has 27 heavy (non-hydrogen) atoms. The number of ether oxygens (including phenoxy) is 1. The second-order valence-electron chi connectivity index (χ2n) is 8.09. The largest absolute Gasteiger partial charge is 0.469 e. The van der Waals surface area contributed by atoms with Crippen molar-refractivity contribution in [1.29, 1.82) is 0 Å². The van der Waals surface area contributed by atoms with Crippen molar-refractivity contribution in [3.63, 3.8) is 0 Å². The lowest BCUT2D eigenvalue weighted by molar-refractivity contribution is -0.106. The van der Waals surface area contributed by atoms with Crippen LogP contribution in [-0.2, 0) is 17.7 Å². The van der Waals surface area contributed by atoms with Gasteiger partial charge in [-0.25, -0.2) is 4.99 Å². The summed E-state index contributed by atoms with van der Waals surface area (Å²) < 4.78 is 11.4. The standard InChI is InChI=1S/C22H29N3O2/c1-22(2)19(18-11-14-27-20(18)22)25-21(23-12-10-17-9-6-13-26-17)24-15-16-7-4-3-5-8-16/h3-9,13,18-20H,10-12,14-15H2,1-2H3,(H2,23,24,25). The summed E-state index contributed by atoms with van der Waals surface area (Å²) in [6.45, 7) is 6.89. The highest BCUT2D eigenvalue weighted by Gasteiger charge is 2.59. The van der Waals surface area contributed by atoms with Gasteiger partial charge in [0, 0.05) is 36.9 Å². The number of rotatable bonds is 6. The van der Waals surface area contributed by atoms with E-state index in [1.165, 1.54) is 5.56 Å². The summed E-state index contributed by atoms with van der Waals surface area (Å²) in [4.78, 5) is 4.84. The summed E-state index contributed by atoms with van der Waals surface area (Å²) in [6, 6.07) is 14.7. The fourth-order valence-corrected chi connectivity index (χ4v) is 4.43. The van der Waals surface area contributed by atoms with Gasteiger partial charge in [-0.1, -0.05) is 44.2 Å². The Labute approximate surface area is 161 Å². The lowest BCUT2D eigenvalue weighted by Gasteiger charge is -2.54. The van der Waals surface area contributed by atoms with Crippen molar-refractivity contribution in [3.8, 4) is 0 Å². The third-order valence-corrected chi connectivity index (χ3v) is 5.90. The monoisotopic (exact) mass is 367 g/mol. The van der Waals surface area contributed by atoms with Gasteiger partial charge in [-0.3, -0.25) is 0 Å². The molecule has 1 saturated heterocycles. The van der Waals surface area contributed by atoms with Crippen LogP contribution in [0.4, 0.5) is 0 Å². The zero-order valence-electron chi connectivity index (χ0n) is 16.2. The van der Waals surface area contributed by atoms with E-state index in [1.807, 2.05) is 18.2 Å². The molecule has 2 aromatic rings. The first kappa shape index (κ1) is 18.1. The number of fused-ring (bicyclic) bond motifs is 1. The van der Waals surface area contributed by atoms with Gasteiger partial charge in [0.15, 0.2) is 5.96 Å². The van der Waals surface area contributed by atoms with E-state index in [-0.39, 0.29) is 5.41 Å². The van der Waals surface area contributed by atoms with E-state index >= 15 is 0 Å². The van der Waals surface area contributed by atoms with Gasteiger partial charge < -0.3 is 19.8 Å². The Bertz CT molecular complexity index is 755. The minimum atomic E-state index is 0.122. The summed E-state index contributed by atoms with van der Waals surface area (Å²) in [7, 11) is 0. The molecule has 2 fully saturated rings. The minimum Gasteiger partial charge on any atom is -0.469 e. The molecule has 0 spiro atoms. The van der Waals surface area contributed by atoms with Crippen LogP contribution >= 0.6 is 0 Å². The smallest absolute Gasteiger partial charge is 0.191 e. The van der Waals surface area contributed by atoms with E-state index in [4.69, 9.17) is 14.1 Å². The van der Waals surface area contributed by atoms with Gasteiger partial charge >= 0.3 is 0 Å². The zero-order chi connectivity index (χ0) is 18.7. The maximum atomic E-state index is 5.93. The third-order valence-electron chi connectivity index (χ3n) is 5.90. The van der Waals surface area contributed by atoms with E-state index in [9.17, 15) is 0 Å². The molecule has 1 saturated carbocycles. The van der Waals surface area contributed by atoms with Gasteiger partial charge in [-0.05, 0) is 24.1 Å². The fraction of sp³-hybridized carbons (Fsp3) is 0.500. The van der Waals surface area contributed by atoms with Crippen LogP contribution in [0.25, 0.3) is 0 Å². The Hall–Kier alpha value is -2.27. The highest BCUT2D eigenvalue weighted by molar-refractivity contribution is 5.80. The summed E-state index contributed by atoms with van der Waals surface area (Å²) >= 11 is 0. The number of furan rings is 1. The maximum Gasteiger partial charge on any atom is 0.191 e. The first-order chi connectivity index (χ1) is 13.1. The summed E-state index contributed by atoms with van der Waals surface area (Å²) in [5, 5.41) is 7.18. The SMILES string of the molecule is CC1(C)C(NC(=NCc2ccccc2)NCCc2ccco2)C2CCOC21. The van der Waals surface area contributed by atoms with Crippen molar-refractivity contribution < 1.29 is 9.15 Å². The van der Waals surface area contributed by atoms with Crippen LogP contribution in [-0.4, -0.2) is 31.3 Å². The number of hydrogen-bond acceptors (Lipinski definition) is 3. The van der Waals surface area contributed by atoms with E-state index < -0.39 is 0 Å². The predicted molar refractivity (Wildman–Crippen MR) is 107 cm³/mol. The van der Waals surface area contributed by atoms with Gasteiger partial charge in [0.25, 0.3) is 0 Å². The molecule has 3 atom stereocenters. The van der Waals surface area contributed by atoms with Crippen molar-refractivity contribution in [1.82, 2.24) is 10.6 Å². The molecule has 0 amide bonds. The Morgan fingerprint density at radius 2 is 2.04 bits per heavy atom. The molecule has 2 heterocycles. The highest BCUT2D eigenvalue weighted by Crippen LogP contribution is 2.52. The number of nitrogens with one attached hydrogen (secondary N) is 2. The first-order valence-electron chi connectivity index (χ1n) is 9.87. The summed E-state index contributed by atoms with van der Waals surface area (Å²) in [6.07, 6.45) is 4.05. The van der Waals surface area contributed by atoms with Gasteiger partial charge in [-0.15, -0.1) is 0 Å². The van der Waals surface area contributed by atoms with Crippen molar-refractivity contribution in [2.45, 2.75) is 45.4 Å². The van der Waals surface area contributed by atoms with Crippen LogP contribution in [0.3, 0.4) is 0 Å². The highest BCUT2D eigenvalue weighted by atomic mass is 16.5. The predicted octanol–water partition coefficient (Wildman–Crippen LogP) is 3.37. The Kier molecular flexibility index (Phi) is 5.21. The molecule has 4 rings (SSSR count). The molecule has 1 aromatic heterocycles. The van der Waals surface area contributed by atoms with Crippen LogP contribution in [0.2, 0.25) is 0 Å². The van der Waals surface area contributed by atoms with Gasteiger partial charge in [0.05, 0.1) is 18.9 Å². The molecule has 1 aromatic carbocycles. The molecule has 2 N–H and O–H groups in total.